The molecule has 0 N–H and O–H groups in total. The van der Waals surface area contributed by atoms with Crippen molar-refractivity contribution in [2.45, 2.75) is 25.9 Å². The summed E-state index contributed by atoms with van der Waals surface area (Å²) in [6.07, 6.45) is -1.76. The van der Waals surface area contributed by atoms with Crippen molar-refractivity contribution in [3.05, 3.63) is 57.5 Å². The van der Waals surface area contributed by atoms with E-state index >= 15 is 0 Å². The Labute approximate surface area is 189 Å². The second-order valence-electron chi connectivity index (χ2n) is 7.21. The first-order valence-corrected chi connectivity index (χ1v) is 12.2. The third-order valence-electron chi connectivity index (χ3n) is 4.90. The van der Waals surface area contributed by atoms with Crippen molar-refractivity contribution in [2.24, 2.45) is 0 Å². The van der Waals surface area contributed by atoms with Crippen molar-refractivity contribution in [1.82, 2.24) is 9.13 Å². The number of alkyl halides is 2. The molecule has 0 fully saturated rings. The number of imidazole rings is 1. The molecule has 0 saturated carbocycles. The lowest BCUT2D eigenvalue weighted by atomic mass is 10.1. The fourth-order valence-corrected chi connectivity index (χ4v) is 4.86. The van der Waals surface area contributed by atoms with Crippen LogP contribution in [0.15, 0.2) is 41.2 Å². The maximum Gasteiger partial charge on any atom is 0.329 e. The van der Waals surface area contributed by atoms with Crippen molar-refractivity contribution in [1.29, 1.82) is 0 Å². The number of aromatic nitrogens is 2. The predicted molar refractivity (Wildman–Crippen MR) is 119 cm³/mol. The summed E-state index contributed by atoms with van der Waals surface area (Å²) >= 11 is 6.25. The lowest BCUT2D eigenvalue weighted by Gasteiger charge is -2.20. The summed E-state index contributed by atoms with van der Waals surface area (Å²) in [6, 6.07) is 8.41. The van der Waals surface area contributed by atoms with Crippen LogP contribution < -0.4 is 15.2 Å². The Morgan fingerprint density at radius 3 is 2.47 bits per heavy atom. The van der Waals surface area contributed by atoms with E-state index in [0.717, 1.165) is 10.8 Å². The molecule has 1 atom stereocenters. The van der Waals surface area contributed by atoms with Crippen LogP contribution in [-0.4, -0.2) is 49.7 Å². The van der Waals surface area contributed by atoms with Gasteiger partial charge in [0.2, 0.25) is 0 Å². The average molecular weight is 489 g/mol. The molecule has 0 radical (unpaired) electrons. The van der Waals surface area contributed by atoms with E-state index in [0.29, 0.717) is 23.7 Å². The largest absolute Gasteiger partial charge is 0.493 e. The molecule has 0 unspecified atom stereocenters. The Morgan fingerprint density at radius 2 is 1.88 bits per heavy atom. The number of halogens is 3. The second-order valence-corrected chi connectivity index (χ2v) is 9.81. The van der Waals surface area contributed by atoms with Crippen LogP contribution in [0, 0.1) is 0 Å². The van der Waals surface area contributed by atoms with Crippen molar-refractivity contribution >= 4 is 32.5 Å². The van der Waals surface area contributed by atoms with Crippen molar-refractivity contribution in [2.75, 3.05) is 25.7 Å². The topological polar surface area (TPSA) is 79.5 Å². The molecule has 0 amide bonds. The number of ether oxygens (including phenoxy) is 2. The Bertz CT molecular complexity index is 1290. The molecule has 11 heteroatoms. The maximum atomic E-state index is 13.3. The SMILES string of the molecule is CCOc1cc([C@@H](CS(C)(=O)=O)n2c(=O)n(CC(F)F)c3c(Cl)cccc32)ccc1OC. The molecule has 174 valence electrons. The smallest absolute Gasteiger partial charge is 0.329 e. The standard InChI is InChI=1S/C21H23ClF2N2O5S/c1-4-31-18-10-13(8-9-17(18)30-2)16(12-32(3,28)29)26-15-7-5-6-14(22)20(15)25(21(26)27)11-19(23)24/h5-10,16,19H,4,11-12H2,1-3H3/t16-/m1/s1. The summed E-state index contributed by atoms with van der Waals surface area (Å²) in [5.41, 5.74) is 0.0377. The normalized spacial score (nSPS) is 13.0. The van der Waals surface area contributed by atoms with E-state index < -0.39 is 40.3 Å². The molecule has 7 nitrogen and oxygen atoms in total. The van der Waals surface area contributed by atoms with Gasteiger partial charge in [0, 0.05) is 6.26 Å². The van der Waals surface area contributed by atoms with Crippen LogP contribution >= 0.6 is 11.6 Å². The molecule has 3 rings (SSSR count). The number of benzene rings is 2. The molecular weight excluding hydrogens is 466 g/mol. The van der Waals surface area contributed by atoms with Gasteiger partial charge in [-0.1, -0.05) is 23.7 Å². The number of rotatable bonds is 9. The molecule has 2 aromatic carbocycles. The Balaban J connectivity index is 2.33. The quantitative estimate of drug-likeness (QED) is 0.458. The van der Waals surface area contributed by atoms with Gasteiger partial charge >= 0.3 is 5.69 Å². The Kier molecular flexibility index (Phi) is 7.14. The summed E-state index contributed by atoms with van der Waals surface area (Å²) in [4.78, 5) is 13.3. The third kappa shape index (κ3) is 4.91. The zero-order chi connectivity index (χ0) is 23.6. The lowest BCUT2D eigenvalue weighted by molar-refractivity contribution is 0.126. The number of hydrogen-bond acceptors (Lipinski definition) is 5. The first-order chi connectivity index (χ1) is 15.1. The van der Waals surface area contributed by atoms with Crippen LogP contribution in [0.3, 0.4) is 0 Å². The molecule has 0 saturated heterocycles. The number of fused-ring (bicyclic) bond motifs is 1. The maximum absolute atomic E-state index is 13.3. The minimum atomic E-state index is -3.59. The summed E-state index contributed by atoms with van der Waals surface area (Å²) in [6.45, 7) is 1.24. The number of sulfone groups is 1. The van der Waals surface area contributed by atoms with Gasteiger partial charge in [-0.3, -0.25) is 9.13 Å². The summed E-state index contributed by atoms with van der Waals surface area (Å²) < 4.78 is 64.0. The van der Waals surface area contributed by atoms with Crippen LogP contribution in [0.1, 0.15) is 18.5 Å². The highest BCUT2D eigenvalue weighted by Crippen LogP contribution is 2.34. The number of para-hydroxylation sites is 1. The van der Waals surface area contributed by atoms with Crippen LogP contribution in [0.25, 0.3) is 11.0 Å². The van der Waals surface area contributed by atoms with Crippen molar-refractivity contribution < 1.29 is 26.7 Å². The highest BCUT2D eigenvalue weighted by molar-refractivity contribution is 7.90. The van der Waals surface area contributed by atoms with Gasteiger partial charge in [0.25, 0.3) is 6.43 Å². The molecule has 0 aliphatic heterocycles. The van der Waals surface area contributed by atoms with E-state index in [1.54, 1.807) is 37.3 Å². The summed E-state index contributed by atoms with van der Waals surface area (Å²) in [5, 5.41) is 0.113. The van der Waals surface area contributed by atoms with Gasteiger partial charge in [0.15, 0.2) is 11.5 Å². The first-order valence-electron chi connectivity index (χ1n) is 9.73. The number of hydrogen-bond donors (Lipinski definition) is 0. The fraction of sp³-hybridized carbons (Fsp3) is 0.381. The molecule has 0 aliphatic carbocycles. The molecule has 0 bridgehead atoms. The van der Waals surface area contributed by atoms with E-state index in [1.807, 2.05) is 0 Å². The zero-order valence-electron chi connectivity index (χ0n) is 17.7. The third-order valence-corrected chi connectivity index (χ3v) is 6.12. The van der Waals surface area contributed by atoms with Gasteiger partial charge in [-0.25, -0.2) is 22.0 Å². The van der Waals surface area contributed by atoms with Crippen LogP contribution in [0.4, 0.5) is 8.78 Å². The Morgan fingerprint density at radius 1 is 1.16 bits per heavy atom. The van der Waals surface area contributed by atoms with Gasteiger partial charge in [-0.15, -0.1) is 0 Å². The van der Waals surface area contributed by atoms with Gasteiger partial charge in [-0.05, 0) is 36.8 Å². The van der Waals surface area contributed by atoms with Crippen LogP contribution in [0.2, 0.25) is 5.02 Å². The molecule has 0 aliphatic rings. The molecule has 1 heterocycles. The predicted octanol–water partition coefficient (Wildman–Crippen LogP) is 3.76. The van der Waals surface area contributed by atoms with Crippen LogP contribution in [-0.2, 0) is 16.4 Å². The summed E-state index contributed by atoms with van der Waals surface area (Å²) in [7, 11) is -2.12. The molecule has 0 spiro atoms. The number of nitrogens with zero attached hydrogens (tertiary/aromatic N) is 2. The monoisotopic (exact) mass is 488 g/mol. The first kappa shape index (κ1) is 24.1. The van der Waals surface area contributed by atoms with Crippen molar-refractivity contribution in [3.63, 3.8) is 0 Å². The van der Waals surface area contributed by atoms with E-state index in [4.69, 9.17) is 21.1 Å². The van der Waals surface area contributed by atoms with Gasteiger partial charge in [0.1, 0.15) is 9.84 Å². The lowest BCUT2D eigenvalue weighted by Crippen LogP contribution is -2.32. The minimum absolute atomic E-state index is 0.113. The van der Waals surface area contributed by atoms with E-state index in [9.17, 15) is 22.0 Å². The average Bonchev–Trinajstić information content (AvgIpc) is 2.98. The van der Waals surface area contributed by atoms with Gasteiger partial charge in [0.05, 0.1) is 48.1 Å². The number of methoxy groups -OCH3 is 1. The second kappa shape index (κ2) is 9.50. The highest BCUT2D eigenvalue weighted by Gasteiger charge is 2.28. The van der Waals surface area contributed by atoms with Gasteiger partial charge in [-0.2, -0.15) is 0 Å². The zero-order valence-corrected chi connectivity index (χ0v) is 19.3. The fourth-order valence-electron chi connectivity index (χ4n) is 3.68. The molecule has 1 aromatic heterocycles. The van der Waals surface area contributed by atoms with Gasteiger partial charge < -0.3 is 9.47 Å². The van der Waals surface area contributed by atoms with E-state index in [1.165, 1.54) is 17.7 Å². The summed E-state index contributed by atoms with van der Waals surface area (Å²) in [5.74, 6) is 0.364. The minimum Gasteiger partial charge on any atom is -0.493 e. The molecule has 32 heavy (non-hydrogen) atoms. The highest BCUT2D eigenvalue weighted by atomic mass is 35.5. The van der Waals surface area contributed by atoms with E-state index in [-0.39, 0.29) is 16.1 Å². The molecule has 3 aromatic rings. The Hall–Kier alpha value is -2.59. The molecular formula is C21H23ClF2N2O5S. The van der Waals surface area contributed by atoms with Crippen molar-refractivity contribution in [3.8, 4) is 11.5 Å². The van der Waals surface area contributed by atoms with E-state index in [2.05, 4.69) is 0 Å². The van der Waals surface area contributed by atoms with Crippen LogP contribution in [0.5, 0.6) is 11.5 Å².